The zero-order chi connectivity index (χ0) is 20.2. The molecular formula is C23H17N3O2S. The van der Waals surface area contributed by atoms with Crippen molar-refractivity contribution in [3.8, 4) is 17.3 Å². The van der Waals surface area contributed by atoms with Gasteiger partial charge in [-0.2, -0.15) is 5.26 Å². The van der Waals surface area contributed by atoms with E-state index in [1.54, 1.807) is 24.4 Å². The van der Waals surface area contributed by atoms with Crippen molar-refractivity contribution in [2.75, 3.05) is 5.32 Å². The average molecular weight is 399 g/mol. The van der Waals surface area contributed by atoms with Crippen LogP contribution in [0.1, 0.15) is 17.5 Å². The molecule has 0 atom stereocenters. The maximum Gasteiger partial charge on any atom is 0.336 e. The molecule has 4 rings (SSSR count). The van der Waals surface area contributed by atoms with Crippen molar-refractivity contribution in [3.63, 3.8) is 0 Å². The Morgan fingerprint density at radius 1 is 1.21 bits per heavy atom. The third-order valence-electron chi connectivity index (χ3n) is 4.52. The Balaban J connectivity index is 1.56. The minimum atomic E-state index is -0.381. The van der Waals surface area contributed by atoms with Gasteiger partial charge in [0, 0.05) is 34.3 Å². The highest BCUT2D eigenvalue weighted by Crippen LogP contribution is 2.27. The molecule has 0 saturated heterocycles. The summed E-state index contributed by atoms with van der Waals surface area (Å²) < 4.78 is 5.13. The van der Waals surface area contributed by atoms with Gasteiger partial charge in [0.2, 0.25) is 0 Å². The lowest BCUT2D eigenvalue weighted by Crippen LogP contribution is -1.95. The van der Waals surface area contributed by atoms with Crippen molar-refractivity contribution in [1.82, 2.24) is 4.98 Å². The lowest BCUT2D eigenvalue weighted by Gasteiger charge is -2.03. The van der Waals surface area contributed by atoms with Crippen molar-refractivity contribution < 1.29 is 4.42 Å². The second-order valence-electron chi connectivity index (χ2n) is 6.41. The van der Waals surface area contributed by atoms with Crippen molar-refractivity contribution in [2.24, 2.45) is 0 Å². The Labute approximate surface area is 171 Å². The van der Waals surface area contributed by atoms with Crippen LogP contribution in [0.15, 0.2) is 75.4 Å². The molecule has 2 aromatic heterocycles. The van der Waals surface area contributed by atoms with Gasteiger partial charge < -0.3 is 9.73 Å². The number of thiazole rings is 1. The SMILES string of the molecule is CCc1ccc(-c2csc(C(C#N)=CNc3ccc4oc(=O)ccc4c3)n2)cc1. The van der Waals surface area contributed by atoms with E-state index in [-0.39, 0.29) is 5.63 Å². The zero-order valence-corrected chi connectivity index (χ0v) is 16.5. The third kappa shape index (κ3) is 4.10. The number of allylic oxidation sites excluding steroid dienone is 1. The third-order valence-corrected chi connectivity index (χ3v) is 5.39. The highest BCUT2D eigenvalue weighted by molar-refractivity contribution is 7.11. The Morgan fingerprint density at radius 3 is 2.79 bits per heavy atom. The molecule has 0 aliphatic carbocycles. The predicted octanol–water partition coefficient (Wildman–Crippen LogP) is 5.46. The monoisotopic (exact) mass is 399 g/mol. The fourth-order valence-electron chi connectivity index (χ4n) is 2.90. The van der Waals surface area contributed by atoms with E-state index in [2.05, 4.69) is 47.6 Å². The zero-order valence-electron chi connectivity index (χ0n) is 15.7. The van der Waals surface area contributed by atoms with Gasteiger partial charge in [-0.25, -0.2) is 9.78 Å². The molecular weight excluding hydrogens is 382 g/mol. The summed E-state index contributed by atoms with van der Waals surface area (Å²) >= 11 is 1.43. The van der Waals surface area contributed by atoms with Gasteiger partial charge in [0.25, 0.3) is 0 Å². The van der Waals surface area contributed by atoms with Gasteiger partial charge in [-0.15, -0.1) is 11.3 Å². The van der Waals surface area contributed by atoms with E-state index in [0.717, 1.165) is 28.8 Å². The van der Waals surface area contributed by atoms with E-state index in [9.17, 15) is 10.1 Å². The molecule has 0 bridgehead atoms. The minimum Gasteiger partial charge on any atom is -0.423 e. The topological polar surface area (TPSA) is 78.9 Å². The Morgan fingerprint density at radius 2 is 2.03 bits per heavy atom. The second kappa shape index (κ2) is 8.13. The highest BCUT2D eigenvalue weighted by atomic mass is 32.1. The van der Waals surface area contributed by atoms with Crippen LogP contribution >= 0.6 is 11.3 Å². The number of nitriles is 1. The summed E-state index contributed by atoms with van der Waals surface area (Å²) in [5.74, 6) is 0. The van der Waals surface area contributed by atoms with Crippen LogP contribution in [0.25, 0.3) is 27.8 Å². The standard InChI is InChI=1S/C23H17N3O2S/c1-2-15-3-5-16(6-4-15)20-14-29-23(26-20)18(12-24)13-25-19-8-9-21-17(11-19)7-10-22(27)28-21/h3-11,13-14,25H,2H2,1H3. The Hall–Kier alpha value is -3.69. The molecule has 0 amide bonds. The number of aromatic nitrogens is 1. The largest absolute Gasteiger partial charge is 0.423 e. The Kier molecular flexibility index (Phi) is 5.23. The van der Waals surface area contributed by atoms with Crippen LogP contribution in [0.3, 0.4) is 0 Å². The summed E-state index contributed by atoms with van der Waals surface area (Å²) in [5.41, 5.74) is 4.54. The molecule has 0 unspecified atom stereocenters. The highest BCUT2D eigenvalue weighted by Gasteiger charge is 2.09. The Bertz CT molecular complexity index is 1290. The van der Waals surface area contributed by atoms with Crippen LogP contribution in [0.2, 0.25) is 0 Å². The first kappa shape index (κ1) is 18.7. The fourth-order valence-corrected chi connectivity index (χ4v) is 3.69. The van der Waals surface area contributed by atoms with Crippen LogP contribution in [-0.4, -0.2) is 4.98 Å². The van der Waals surface area contributed by atoms with Gasteiger partial charge in [0.15, 0.2) is 0 Å². The first-order valence-electron chi connectivity index (χ1n) is 9.12. The number of benzene rings is 2. The number of hydrogen-bond acceptors (Lipinski definition) is 6. The summed E-state index contributed by atoms with van der Waals surface area (Å²) in [5, 5.41) is 16.1. The molecule has 1 N–H and O–H groups in total. The summed E-state index contributed by atoms with van der Waals surface area (Å²) in [6.45, 7) is 2.12. The lowest BCUT2D eigenvalue weighted by atomic mass is 10.1. The summed E-state index contributed by atoms with van der Waals surface area (Å²) in [4.78, 5) is 15.9. The fraction of sp³-hybridized carbons (Fsp3) is 0.0870. The van der Waals surface area contributed by atoms with Crippen LogP contribution in [0, 0.1) is 11.3 Å². The van der Waals surface area contributed by atoms with E-state index in [4.69, 9.17) is 4.42 Å². The van der Waals surface area contributed by atoms with Crippen molar-refractivity contribution in [2.45, 2.75) is 13.3 Å². The predicted molar refractivity (Wildman–Crippen MR) is 117 cm³/mol. The summed E-state index contributed by atoms with van der Waals surface area (Å²) in [7, 11) is 0. The molecule has 0 fully saturated rings. The smallest absolute Gasteiger partial charge is 0.336 e. The molecule has 29 heavy (non-hydrogen) atoms. The van der Waals surface area contributed by atoms with E-state index >= 15 is 0 Å². The van der Waals surface area contributed by atoms with E-state index in [0.29, 0.717) is 16.2 Å². The van der Waals surface area contributed by atoms with Gasteiger partial charge in [-0.05, 0) is 36.2 Å². The van der Waals surface area contributed by atoms with Crippen molar-refractivity contribution >= 4 is 33.6 Å². The average Bonchev–Trinajstić information content (AvgIpc) is 3.24. The molecule has 142 valence electrons. The molecule has 2 heterocycles. The summed E-state index contributed by atoms with van der Waals surface area (Å²) in [6, 6.07) is 19.0. The van der Waals surface area contributed by atoms with Crippen LogP contribution in [-0.2, 0) is 6.42 Å². The van der Waals surface area contributed by atoms with Crippen LogP contribution in [0.4, 0.5) is 5.69 Å². The summed E-state index contributed by atoms with van der Waals surface area (Å²) in [6.07, 6.45) is 2.64. The van der Waals surface area contributed by atoms with Gasteiger partial charge in [-0.1, -0.05) is 31.2 Å². The normalized spacial score (nSPS) is 11.4. The molecule has 5 nitrogen and oxygen atoms in total. The molecule has 2 aromatic carbocycles. The van der Waals surface area contributed by atoms with Gasteiger partial charge in [-0.3, -0.25) is 0 Å². The van der Waals surface area contributed by atoms with Crippen LogP contribution in [0.5, 0.6) is 0 Å². The maximum atomic E-state index is 11.3. The molecule has 0 radical (unpaired) electrons. The van der Waals surface area contributed by atoms with E-state index < -0.39 is 0 Å². The number of fused-ring (bicyclic) bond motifs is 1. The molecule has 4 aromatic rings. The lowest BCUT2D eigenvalue weighted by molar-refractivity contribution is 0.561. The van der Waals surface area contributed by atoms with Crippen LogP contribution < -0.4 is 10.9 Å². The number of nitrogens with one attached hydrogen (secondary N) is 1. The molecule has 0 saturated carbocycles. The number of hydrogen-bond donors (Lipinski definition) is 1. The molecule has 0 aliphatic heterocycles. The molecule has 6 heteroatoms. The van der Waals surface area contributed by atoms with E-state index in [1.165, 1.54) is 23.0 Å². The second-order valence-corrected chi connectivity index (χ2v) is 7.27. The quantitative estimate of drug-likeness (QED) is 0.356. The minimum absolute atomic E-state index is 0.381. The van der Waals surface area contributed by atoms with Gasteiger partial charge >= 0.3 is 5.63 Å². The first-order valence-corrected chi connectivity index (χ1v) is 10.00. The van der Waals surface area contributed by atoms with Gasteiger partial charge in [0.1, 0.15) is 22.2 Å². The first-order chi connectivity index (χ1) is 14.2. The van der Waals surface area contributed by atoms with Crippen molar-refractivity contribution in [1.29, 1.82) is 5.26 Å². The van der Waals surface area contributed by atoms with E-state index in [1.807, 2.05) is 11.4 Å². The number of rotatable bonds is 5. The number of anilines is 1. The molecule has 0 aliphatic rings. The number of aryl methyl sites for hydroxylation is 1. The number of nitrogens with zero attached hydrogens (tertiary/aromatic N) is 2. The molecule has 0 spiro atoms. The van der Waals surface area contributed by atoms with Gasteiger partial charge in [0.05, 0.1) is 5.69 Å². The maximum absolute atomic E-state index is 11.3. The van der Waals surface area contributed by atoms with Crippen molar-refractivity contribution in [3.05, 3.63) is 87.2 Å².